The molecule has 0 unspecified atom stereocenters. The Balaban J connectivity index is 1.39. The molecule has 1 N–H and O–H groups in total. The molecule has 0 amide bonds. The van der Waals surface area contributed by atoms with Gasteiger partial charge in [-0.3, -0.25) is 0 Å². The predicted octanol–water partition coefficient (Wildman–Crippen LogP) is 5.79. The van der Waals surface area contributed by atoms with Crippen molar-refractivity contribution < 1.29 is 19.3 Å². The topological polar surface area (TPSA) is 47.9 Å². The summed E-state index contributed by atoms with van der Waals surface area (Å²) in [5.74, 6) is -0.512. The SMILES string of the molecule is CCCCCCCCCCCC[C@@H](O)[C@H]([Se]c1ccccc1)[C@H]1C[C@H]([C@H]2COC(C)(C)O2)O1. The van der Waals surface area contributed by atoms with E-state index < -0.39 is 5.79 Å². The van der Waals surface area contributed by atoms with E-state index in [1.807, 2.05) is 13.8 Å². The summed E-state index contributed by atoms with van der Waals surface area (Å²) < 4.78 is 19.4. The summed E-state index contributed by atoms with van der Waals surface area (Å²) in [6.45, 7) is 6.79. The molecule has 2 aliphatic rings. The second-order valence-electron chi connectivity index (χ2n) is 10.2. The molecule has 0 aliphatic carbocycles. The van der Waals surface area contributed by atoms with E-state index in [1.54, 1.807) is 0 Å². The van der Waals surface area contributed by atoms with Gasteiger partial charge < -0.3 is 0 Å². The van der Waals surface area contributed by atoms with Gasteiger partial charge in [0.2, 0.25) is 0 Å². The van der Waals surface area contributed by atoms with Gasteiger partial charge in [0.25, 0.3) is 0 Å². The molecule has 1 aromatic carbocycles. The third-order valence-corrected chi connectivity index (χ3v) is 9.88. The molecule has 3 rings (SSSR count). The molecule has 0 aromatic heterocycles. The number of hydrogen-bond donors (Lipinski definition) is 1. The van der Waals surface area contributed by atoms with Gasteiger partial charge in [-0.25, -0.2) is 0 Å². The first-order valence-electron chi connectivity index (χ1n) is 13.4. The van der Waals surface area contributed by atoms with Crippen molar-refractivity contribution in [3.63, 3.8) is 0 Å². The van der Waals surface area contributed by atoms with Crippen molar-refractivity contribution in [1.82, 2.24) is 0 Å². The van der Waals surface area contributed by atoms with Crippen LogP contribution >= 0.6 is 0 Å². The van der Waals surface area contributed by atoms with Crippen LogP contribution in [0, 0.1) is 0 Å². The molecule has 33 heavy (non-hydrogen) atoms. The second kappa shape index (κ2) is 14.2. The molecule has 2 heterocycles. The van der Waals surface area contributed by atoms with E-state index in [9.17, 15) is 5.11 Å². The summed E-state index contributed by atoms with van der Waals surface area (Å²) >= 11 is 0.196. The van der Waals surface area contributed by atoms with Crippen molar-refractivity contribution in [3.8, 4) is 0 Å². The Hall–Kier alpha value is -0.421. The van der Waals surface area contributed by atoms with Gasteiger partial charge in [0.1, 0.15) is 0 Å². The van der Waals surface area contributed by atoms with Gasteiger partial charge in [-0.15, -0.1) is 0 Å². The monoisotopic (exact) mass is 526 g/mol. The van der Waals surface area contributed by atoms with Crippen LogP contribution in [0.4, 0.5) is 0 Å². The number of aliphatic hydroxyl groups is 1. The summed E-state index contributed by atoms with van der Waals surface area (Å²) in [6.07, 6.45) is 15.0. The molecule has 2 fully saturated rings. The van der Waals surface area contributed by atoms with E-state index >= 15 is 0 Å². The van der Waals surface area contributed by atoms with Crippen molar-refractivity contribution in [2.45, 2.75) is 133 Å². The third kappa shape index (κ3) is 9.28. The van der Waals surface area contributed by atoms with E-state index in [0.717, 1.165) is 19.3 Å². The van der Waals surface area contributed by atoms with Gasteiger partial charge >= 0.3 is 195 Å². The fourth-order valence-corrected chi connectivity index (χ4v) is 7.48. The average molecular weight is 526 g/mol. The quantitative estimate of drug-likeness (QED) is 0.219. The first-order chi connectivity index (χ1) is 16.0. The maximum atomic E-state index is 11.1. The van der Waals surface area contributed by atoms with E-state index in [4.69, 9.17) is 14.2 Å². The molecular weight excluding hydrogens is 479 g/mol. The van der Waals surface area contributed by atoms with Crippen molar-refractivity contribution in [2.75, 3.05) is 6.61 Å². The molecule has 1 aromatic rings. The molecular formula is C28H46O4Se. The van der Waals surface area contributed by atoms with Crippen LogP contribution in [-0.4, -0.2) is 56.9 Å². The zero-order valence-electron chi connectivity index (χ0n) is 21.0. The van der Waals surface area contributed by atoms with Crippen molar-refractivity contribution in [3.05, 3.63) is 30.3 Å². The zero-order valence-corrected chi connectivity index (χ0v) is 22.8. The first-order valence-corrected chi connectivity index (χ1v) is 15.2. The van der Waals surface area contributed by atoms with Crippen LogP contribution in [0.1, 0.15) is 97.8 Å². The fraction of sp³-hybridized carbons (Fsp3) is 0.786. The molecule has 0 radical (unpaired) electrons. The van der Waals surface area contributed by atoms with E-state index in [1.165, 1.54) is 62.2 Å². The Bertz CT molecular complexity index is 647. The number of rotatable bonds is 16. The number of unbranched alkanes of at least 4 members (excludes halogenated alkanes) is 9. The molecule has 5 atom stereocenters. The molecule has 2 aliphatic heterocycles. The maximum absolute atomic E-state index is 11.1. The van der Waals surface area contributed by atoms with Crippen molar-refractivity contribution >= 4 is 19.4 Å². The summed E-state index contributed by atoms with van der Waals surface area (Å²) in [6, 6.07) is 10.6. The van der Waals surface area contributed by atoms with Crippen molar-refractivity contribution in [2.24, 2.45) is 0 Å². The van der Waals surface area contributed by atoms with E-state index in [0.29, 0.717) is 6.61 Å². The number of aliphatic hydroxyl groups excluding tert-OH is 1. The fourth-order valence-electron chi connectivity index (χ4n) is 4.86. The zero-order chi connectivity index (χ0) is 23.5. The molecule has 0 spiro atoms. The second-order valence-corrected chi connectivity index (χ2v) is 12.9. The number of benzene rings is 1. The number of hydrogen-bond acceptors (Lipinski definition) is 4. The minimum atomic E-state index is -0.512. The summed E-state index contributed by atoms with van der Waals surface area (Å²) in [5.41, 5.74) is 0. The van der Waals surface area contributed by atoms with Crippen LogP contribution in [0.5, 0.6) is 0 Å². The van der Waals surface area contributed by atoms with Gasteiger partial charge in [0.15, 0.2) is 0 Å². The van der Waals surface area contributed by atoms with Crippen LogP contribution in [0.2, 0.25) is 4.82 Å². The van der Waals surface area contributed by atoms with Gasteiger partial charge in [-0.2, -0.15) is 0 Å². The Morgan fingerprint density at radius 2 is 1.55 bits per heavy atom. The van der Waals surface area contributed by atoms with E-state index in [2.05, 4.69) is 37.3 Å². The summed E-state index contributed by atoms with van der Waals surface area (Å²) in [7, 11) is 0. The van der Waals surface area contributed by atoms with E-state index in [-0.39, 0.29) is 44.2 Å². The molecule has 5 heteroatoms. The molecule has 4 nitrogen and oxygen atoms in total. The average Bonchev–Trinajstić information content (AvgIpc) is 3.13. The Morgan fingerprint density at radius 3 is 2.12 bits per heavy atom. The Morgan fingerprint density at radius 1 is 0.939 bits per heavy atom. The van der Waals surface area contributed by atoms with Crippen LogP contribution in [0.3, 0.4) is 0 Å². The standard InChI is InChI=1S/C28H46O4Se/c1-4-5-6-7-8-9-10-11-12-16-19-23(29)27(33-22-17-14-13-15-18-22)25-20-24(31-25)26-21-30-28(2,3)32-26/h13-15,17-18,23-27,29H,4-12,16,19-21H2,1-3H3/t23-,24-,25-,26-,27+/m1/s1. The normalized spacial score (nSPS) is 26.1. The van der Waals surface area contributed by atoms with Crippen molar-refractivity contribution in [1.29, 1.82) is 0 Å². The summed E-state index contributed by atoms with van der Waals surface area (Å²) in [5, 5.41) is 11.1. The molecule has 188 valence electrons. The van der Waals surface area contributed by atoms with Gasteiger partial charge in [-0.05, 0) is 0 Å². The van der Waals surface area contributed by atoms with Crippen LogP contribution in [-0.2, 0) is 14.2 Å². The Labute approximate surface area is 208 Å². The van der Waals surface area contributed by atoms with Gasteiger partial charge in [0, 0.05) is 0 Å². The molecule has 2 saturated heterocycles. The molecule has 0 bridgehead atoms. The summed E-state index contributed by atoms with van der Waals surface area (Å²) in [4.78, 5) is 0.199. The first kappa shape index (κ1) is 27.2. The Kier molecular flexibility index (Phi) is 11.7. The van der Waals surface area contributed by atoms with Crippen LogP contribution in [0.15, 0.2) is 30.3 Å². The van der Waals surface area contributed by atoms with Gasteiger partial charge in [-0.1, -0.05) is 13.3 Å². The van der Waals surface area contributed by atoms with Crippen LogP contribution < -0.4 is 4.46 Å². The molecule has 0 saturated carbocycles. The van der Waals surface area contributed by atoms with Crippen LogP contribution in [0.25, 0.3) is 0 Å². The van der Waals surface area contributed by atoms with Gasteiger partial charge in [0.05, 0.1) is 0 Å². The number of ether oxygens (including phenoxy) is 3. The third-order valence-electron chi connectivity index (χ3n) is 6.87. The predicted molar refractivity (Wildman–Crippen MR) is 136 cm³/mol. The minimum absolute atomic E-state index is 0.0141.